The number of hydrogen-bond acceptors (Lipinski definition) is 3. The van der Waals surface area contributed by atoms with Crippen LogP contribution in [0.2, 0.25) is 0 Å². The van der Waals surface area contributed by atoms with Crippen LogP contribution in [0.3, 0.4) is 0 Å². The predicted molar refractivity (Wildman–Crippen MR) is 235 cm³/mol. The Kier molecular flexibility index (Phi) is 8.99. The number of hydrogen-bond donors (Lipinski definition) is 0. The third-order valence-corrected chi connectivity index (χ3v) is 11.1. The number of rotatable bonds is 5. The van der Waals surface area contributed by atoms with Crippen LogP contribution in [-0.4, -0.2) is 19.1 Å². The van der Waals surface area contributed by atoms with Crippen LogP contribution in [0, 0.1) is 6.33 Å². The molecule has 6 nitrogen and oxygen atoms in total. The van der Waals surface area contributed by atoms with Crippen LogP contribution in [0.25, 0.3) is 50.0 Å². The molecule has 0 aliphatic rings. The Morgan fingerprint density at radius 2 is 1.23 bits per heavy atom. The number of pyridine rings is 2. The SMILES string of the molecule is CC(C)(C)c1cc(-[n+]2[c-]n(-c3cncc(Oc4cc(C(C)(C)C)c5c6ccccc6n(-c6cc(C(C)(C)C)ccn6)c5c4)c3)c3ccccc32)cc(C(C)(C)C)c1. The third-order valence-electron chi connectivity index (χ3n) is 11.1. The lowest BCUT2D eigenvalue weighted by atomic mass is 9.80. The van der Waals surface area contributed by atoms with Gasteiger partial charge in [-0.2, -0.15) is 0 Å². The van der Waals surface area contributed by atoms with E-state index in [1.165, 1.54) is 33.0 Å². The Balaban J connectivity index is 1.27. The first-order valence-corrected chi connectivity index (χ1v) is 20.1. The molecule has 0 unspecified atom stereocenters. The van der Waals surface area contributed by atoms with E-state index in [-0.39, 0.29) is 21.7 Å². The number of nitrogens with zero attached hydrogens (tertiary/aromatic N) is 5. The molecule has 0 N–H and O–H groups in total. The highest BCUT2D eigenvalue weighted by Gasteiger charge is 2.26. The smallest absolute Gasteiger partial charge is 0.269 e. The molecule has 0 aliphatic carbocycles. The number of aromatic nitrogens is 5. The zero-order valence-corrected chi connectivity index (χ0v) is 35.6. The van der Waals surface area contributed by atoms with Crippen LogP contribution < -0.4 is 9.30 Å². The van der Waals surface area contributed by atoms with Crippen LogP contribution in [0.5, 0.6) is 11.5 Å². The van der Waals surface area contributed by atoms with Crippen molar-refractivity contribution in [2.24, 2.45) is 0 Å². The number of fused-ring (bicyclic) bond motifs is 4. The highest BCUT2D eigenvalue weighted by molar-refractivity contribution is 6.11. The first-order chi connectivity index (χ1) is 26.8. The lowest BCUT2D eigenvalue weighted by Gasteiger charge is -2.26. The van der Waals surface area contributed by atoms with Gasteiger partial charge in [0.1, 0.15) is 17.3 Å². The van der Waals surface area contributed by atoms with Gasteiger partial charge < -0.3 is 4.74 Å². The van der Waals surface area contributed by atoms with E-state index in [1.807, 2.05) is 12.4 Å². The summed E-state index contributed by atoms with van der Waals surface area (Å²) in [5, 5.41) is 2.41. The maximum absolute atomic E-state index is 6.83. The second-order valence-corrected chi connectivity index (χ2v) is 19.6. The summed E-state index contributed by atoms with van der Waals surface area (Å²) in [5.41, 5.74) is 11.0. The number of imidazole rings is 1. The molecule has 8 aromatic rings. The molecule has 4 aromatic carbocycles. The minimum atomic E-state index is -0.169. The molecular formula is C51H55N5O. The van der Waals surface area contributed by atoms with Gasteiger partial charge in [0.2, 0.25) is 0 Å². The molecule has 290 valence electrons. The molecule has 57 heavy (non-hydrogen) atoms. The van der Waals surface area contributed by atoms with Crippen molar-refractivity contribution in [3.63, 3.8) is 0 Å². The van der Waals surface area contributed by atoms with Gasteiger partial charge in [0.05, 0.1) is 39.6 Å². The average molecular weight is 754 g/mol. The molecule has 0 saturated heterocycles. The van der Waals surface area contributed by atoms with E-state index >= 15 is 0 Å². The van der Waals surface area contributed by atoms with Crippen molar-refractivity contribution in [3.05, 3.63) is 144 Å². The lowest BCUT2D eigenvalue weighted by Crippen LogP contribution is -2.31. The normalized spacial score (nSPS) is 12.9. The van der Waals surface area contributed by atoms with Crippen LogP contribution in [-0.2, 0) is 21.7 Å². The van der Waals surface area contributed by atoms with Crippen molar-refractivity contribution < 1.29 is 9.30 Å². The minimum Gasteiger partial charge on any atom is -0.456 e. The zero-order valence-electron chi connectivity index (χ0n) is 35.6. The topological polar surface area (TPSA) is 48.8 Å². The van der Waals surface area contributed by atoms with Crippen LogP contribution >= 0.6 is 0 Å². The lowest BCUT2D eigenvalue weighted by molar-refractivity contribution is -0.572. The Morgan fingerprint density at radius 3 is 1.89 bits per heavy atom. The minimum absolute atomic E-state index is 0.0122. The van der Waals surface area contributed by atoms with Crippen molar-refractivity contribution in [1.82, 2.24) is 19.1 Å². The van der Waals surface area contributed by atoms with Crippen LogP contribution in [0.1, 0.15) is 105 Å². The first kappa shape index (κ1) is 38.1. The van der Waals surface area contributed by atoms with Gasteiger partial charge in [0.15, 0.2) is 0 Å². The van der Waals surface area contributed by atoms with Crippen molar-refractivity contribution in [3.8, 4) is 28.7 Å². The van der Waals surface area contributed by atoms with E-state index in [2.05, 4.69) is 200 Å². The molecule has 4 heterocycles. The first-order valence-electron chi connectivity index (χ1n) is 20.1. The number of ether oxygens (including phenoxy) is 1. The highest BCUT2D eigenvalue weighted by atomic mass is 16.5. The Bertz CT molecular complexity index is 2780. The van der Waals surface area contributed by atoms with Gasteiger partial charge in [0, 0.05) is 29.2 Å². The summed E-state index contributed by atoms with van der Waals surface area (Å²) in [6.07, 6.45) is 9.30. The largest absolute Gasteiger partial charge is 0.456 e. The van der Waals surface area contributed by atoms with Gasteiger partial charge in [-0.05, 0) is 86.4 Å². The molecular weight excluding hydrogens is 699 g/mol. The zero-order chi connectivity index (χ0) is 40.7. The predicted octanol–water partition coefficient (Wildman–Crippen LogP) is 12.6. The molecule has 0 radical (unpaired) electrons. The molecule has 0 fully saturated rings. The third kappa shape index (κ3) is 7.11. The summed E-state index contributed by atoms with van der Waals surface area (Å²) in [7, 11) is 0. The van der Waals surface area contributed by atoms with E-state index in [9.17, 15) is 0 Å². The van der Waals surface area contributed by atoms with E-state index < -0.39 is 0 Å². The summed E-state index contributed by atoms with van der Waals surface area (Å²) in [6.45, 7) is 27.2. The fourth-order valence-corrected chi connectivity index (χ4v) is 7.75. The molecule has 0 spiro atoms. The molecule has 0 atom stereocenters. The number of para-hydroxylation sites is 3. The molecule has 0 amide bonds. The van der Waals surface area contributed by atoms with Gasteiger partial charge in [-0.3, -0.25) is 18.7 Å². The fraction of sp³-hybridized carbons (Fsp3) is 0.314. The maximum Gasteiger partial charge on any atom is 0.269 e. The molecule has 0 bridgehead atoms. The van der Waals surface area contributed by atoms with Crippen molar-refractivity contribution in [2.75, 3.05) is 0 Å². The van der Waals surface area contributed by atoms with Gasteiger partial charge in [-0.15, -0.1) is 0 Å². The molecule has 0 saturated carbocycles. The van der Waals surface area contributed by atoms with Gasteiger partial charge >= 0.3 is 0 Å². The van der Waals surface area contributed by atoms with Crippen LogP contribution in [0.4, 0.5) is 0 Å². The Morgan fingerprint density at radius 1 is 0.579 bits per heavy atom. The molecule has 4 aromatic heterocycles. The van der Waals surface area contributed by atoms with Crippen molar-refractivity contribution in [1.29, 1.82) is 0 Å². The van der Waals surface area contributed by atoms with Gasteiger partial charge in [-0.25, -0.2) is 4.98 Å². The highest BCUT2D eigenvalue weighted by Crippen LogP contribution is 2.42. The molecule has 8 rings (SSSR count). The van der Waals surface area contributed by atoms with E-state index in [0.29, 0.717) is 5.75 Å². The van der Waals surface area contributed by atoms with Gasteiger partial charge in [-0.1, -0.05) is 132 Å². The van der Waals surface area contributed by atoms with E-state index in [0.717, 1.165) is 45.0 Å². The van der Waals surface area contributed by atoms with Crippen LogP contribution in [0.15, 0.2) is 116 Å². The summed E-state index contributed by atoms with van der Waals surface area (Å²) in [6, 6.07) is 34.8. The quantitative estimate of drug-likeness (QED) is 0.130. The van der Waals surface area contributed by atoms with Crippen molar-refractivity contribution >= 4 is 32.8 Å². The fourth-order valence-electron chi connectivity index (χ4n) is 7.75. The molecule has 0 aliphatic heterocycles. The Hall–Kier alpha value is -5.75. The summed E-state index contributed by atoms with van der Waals surface area (Å²) < 4.78 is 13.4. The van der Waals surface area contributed by atoms with E-state index in [4.69, 9.17) is 14.7 Å². The Labute approximate surface area is 337 Å². The summed E-state index contributed by atoms with van der Waals surface area (Å²) in [4.78, 5) is 9.65. The summed E-state index contributed by atoms with van der Waals surface area (Å²) in [5.74, 6) is 2.28. The average Bonchev–Trinajstić information content (AvgIpc) is 3.69. The second-order valence-electron chi connectivity index (χ2n) is 19.6. The second kappa shape index (κ2) is 13.4. The monoisotopic (exact) mass is 753 g/mol. The van der Waals surface area contributed by atoms with E-state index in [1.54, 1.807) is 6.20 Å². The number of benzene rings is 4. The maximum atomic E-state index is 6.83. The standard InChI is InChI=1S/C51H55N5O/c1-48(2,3)33-21-22-53-46(26-33)56-42-18-14-13-17-40(42)47-41(51(10,11)12)28-38(29-45(47)56)57-39-27-37(30-52-31-39)55-32-54(43-19-15-16-20-44(43)55)36-24-34(49(4,5)6)23-35(25-36)50(7,8)9/h13-31H,1-12H3. The summed E-state index contributed by atoms with van der Waals surface area (Å²) >= 11 is 0. The van der Waals surface area contributed by atoms with Gasteiger partial charge in [0.25, 0.3) is 6.33 Å². The van der Waals surface area contributed by atoms with Crippen molar-refractivity contribution in [2.45, 2.75) is 105 Å². The molecule has 6 heteroatoms.